The van der Waals surface area contributed by atoms with E-state index in [0.717, 1.165) is 41.3 Å². The lowest BCUT2D eigenvalue weighted by atomic mass is 9.98. The van der Waals surface area contributed by atoms with Crippen LogP contribution in [0.1, 0.15) is 19.4 Å². The first-order valence-corrected chi connectivity index (χ1v) is 9.25. The predicted molar refractivity (Wildman–Crippen MR) is 106 cm³/mol. The number of pyridine rings is 1. The number of aromatic nitrogens is 1. The highest BCUT2D eigenvalue weighted by Crippen LogP contribution is 2.35. The van der Waals surface area contributed by atoms with Gasteiger partial charge in [0.05, 0.1) is 25.1 Å². The van der Waals surface area contributed by atoms with E-state index in [1.54, 1.807) is 24.2 Å². The van der Waals surface area contributed by atoms with Gasteiger partial charge in [0.1, 0.15) is 11.6 Å². The Hall–Kier alpha value is -2.47. The number of halogens is 1. The molecule has 0 bridgehead atoms. The highest BCUT2D eigenvalue weighted by atomic mass is 19.1. The molecule has 0 N–H and O–H groups in total. The molecule has 0 saturated carbocycles. The number of nitrogens with zero attached hydrogens (tertiary/aromatic N) is 3. The van der Waals surface area contributed by atoms with Crippen LogP contribution in [0.5, 0.6) is 0 Å². The third-order valence-corrected chi connectivity index (χ3v) is 4.87. The summed E-state index contributed by atoms with van der Waals surface area (Å²) in [7, 11) is 1.76. The van der Waals surface area contributed by atoms with Gasteiger partial charge in [0, 0.05) is 31.6 Å². The second-order valence-electron chi connectivity index (χ2n) is 7.17. The van der Waals surface area contributed by atoms with E-state index in [1.165, 1.54) is 12.1 Å². The summed E-state index contributed by atoms with van der Waals surface area (Å²) in [6.45, 7) is 8.50. The van der Waals surface area contributed by atoms with Crippen molar-refractivity contribution in [2.75, 3.05) is 43.2 Å². The Morgan fingerprint density at radius 1 is 1.22 bits per heavy atom. The highest BCUT2D eigenvalue weighted by molar-refractivity contribution is 5.98. The van der Waals surface area contributed by atoms with Gasteiger partial charge in [-0.3, -0.25) is 4.79 Å². The number of hydrogen-bond donors (Lipinski definition) is 0. The zero-order chi connectivity index (χ0) is 19.6. The summed E-state index contributed by atoms with van der Waals surface area (Å²) in [4.78, 5) is 21.0. The minimum atomic E-state index is -0.271. The van der Waals surface area contributed by atoms with Crippen LogP contribution < -0.4 is 9.80 Å². The SMILES string of the molecule is Cc1cc(F)ccc1-c1cc(N2CCOCC2)ncc1N(C)C(=O)C(C)C. The summed E-state index contributed by atoms with van der Waals surface area (Å²) in [6.07, 6.45) is 1.74. The van der Waals surface area contributed by atoms with E-state index in [1.807, 2.05) is 26.8 Å². The van der Waals surface area contributed by atoms with Gasteiger partial charge in [0.15, 0.2) is 0 Å². The lowest BCUT2D eigenvalue weighted by Gasteiger charge is -2.29. The molecule has 0 aliphatic carbocycles. The standard InChI is InChI=1S/C21H26FN3O2/c1-14(2)21(26)24(4)19-13-23-20(25-7-9-27-10-8-25)12-18(19)17-6-5-16(22)11-15(17)3/h5-6,11-14H,7-10H2,1-4H3. The molecule has 27 heavy (non-hydrogen) atoms. The molecule has 0 atom stereocenters. The monoisotopic (exact) mass is 371 g/mol. The second kappa shape index (κ2) is 8.05. The van der Waals surface area contributed by atoms with Gasteiger partial charge in [0.25, 0.3) is 0 Å². The number of rotatable bonds is 4. The van der Waals surface area contributed by atoms with E-state index < -0.39 is 0 Å². The zero-order valence-corrected chi connectivity index (χ0v) is 16.3. The number of aryl methyl sites for hydroxylation is 1. The summed E-state index contributed by atoms with van der Waals surface area (Å²) in [5.41, 5.74) is 3.31. The van der Waals surface area contributed by atoms with Gasteiger partial charge >= 0.3 is 0 Å². The van der Waals surface area contributed by atoms with Gasteiger partial charge in [-0.1, -0.05) is 19.9 Å². The molecule has 0 spiro atoms. The van der Waals surface area contributed by atoms with Crippen molar-refractivity contribution in [3.05, 3.63) is 41.8 Å². The van der Waals surface area contributed by atoms with Crippen molar-refractivity contribution in [1.29, 1.82) is 0 Å². The molecule has 0 unspecified atom stereocenters. The second-order valence-corrected chi connectivity index (χ2v) is 7.17. The Kier molecular flexibility index (Phi) is 5.75. The van der Waals surface area contributed by atoms with Crippen molar-refractivity contribution in [2.24, 2.45) is 5.92 Å². The molecule has 144 valence electrons. The first-order chi connectivity index (χ1) is 12.9. The fourth-order valence-corrected chi connectivity index (χ4v) is 3.32. The molecule has 1 saturated heterocycles. The quantitative estimate of drug-likeness (QED) is 0.823. The van der Waals surface area contributed by atoms with Gasteiger partial charge in [-0.05, 0) is 36.2 Å². The van der Waals surface area contributed by atoms with Crippen molar-refractivity contribution in [3.8, 4) is 11.1 Å². The summed E-state index contributed by atoms with van der Waals surface area (Å²) >= 11 is 0. The molecule has 0 radical (unpaired) electrons. The van der Waals surface area contributed by atoms with Gasteiger partial charge in [-0.25, -0.2) is 9.37 Å². The predicted octanol–water partition coefficient (Wildman–Crippen LogP) is 3.65. The Morgan fingerprint density at radius 2 is 1.93 bits per heavy atom. The molecule has 1 aromatic heterocycles. The highest BCUT2D eigenvalue weighted by Gasteiger charge is 2.22. The normalized spacial score (nSPS) is 14.5. The molecular formula is C21H26FN3O2. The maximum absolute atomic E-state index is 13.6. The summed E-state index contributed by atoms with van der Waals surface area (Å²) in [5.74, 6) is 0.450. The van der Waals surface area contributed by atoms with Crippen LogP contribution in [-0.2, 0) is 9.53 Å². The molecule has 1 fully saturated rings. The minimum absolute atomic E-state index is 0.0111. The molecule has 3 rings (SSSR count). The molecule has 1 amide bonds. The average molecular weight is 371 g/mol. The van der Waals surface area contributed by atoms with Crippen LogP contribution >= 0.6 is 0 Å². The van der Waals surface area contributed by atoms with Crippen LogP contribution in [0.3, 0.4) is 0 Å². The lowest BCUT2D eigenvalue weighted by molar-refractivity contribution is -0.121. The number of carbonyl (C=O) groups is 1. The van der Waals surface area contributed by atoms with Crippen LogP contribution in [0.2, 0.25) is 0 Å². The van der Waals surface area contributed by atoms with Gasteiger partial charge in [-0.15, -0.1) is 0 Å². The van der Waals surface area contributed by atoms with Crippen molar-refractivity contribution < 1.29 is 13.9 Å². The van der Waals surface area contributed by atoms with Crippen LogP contribution in [0.4, 0.5) is 15.9 Å². The van der Waals surface area contributed by atoms with Gasteiger partial charge in [0.2, 0.25) is 5.91 Å². The maximum atomic E-state index is 13.6. The van der Waals surface area contributed by atoms with Crippen LogP contribution in [0.25, 0.3) is 11.1 Å². The average Bonchev–Trinajstić information content (AvgIpc) is 2.67. The maximum Gasteiger partial charge on any atom is 0.229 e. The fraction of sp³-hybridized carbons (Fsp3) is 0.429. The van der Waals surface area contributed by atoms with Crippen LogP contribution in [0, 0.1) is 18.7 Å². The molecule has 1 aliphatic rings. The van der Waals surface area contributed by atoms with Crippen molar-refractivity contribution in [3.63, 3.8) is 0 Å². The number of benzene rings is 1. The van der Waals surface area contributed by atoms with Gasteiger partial charge in [-0.2, -0.15) is 0 Å². The third-order valence-electron chi connectivity index (χ3n) is 4.87. The van der Waals surface area contributed by atoms with Gasteiger partial charge < -0.3 is 14.5 Å². The number of ether oxygens (including phenoxy) is 1. The van der Waals surface area contributed by atoms with Crippen LogP contribution in [0.15, 0.2) is 30.5 Å². The van der Waals surface area contributed by atoms with E-state index in [9.17, 15) is 9.18 Å². The number of hydrogen-bond acceptors (Lipinski definition) is 4. The minimum Gasteiger partial charge on any atom is -0.378 e. The van der Waals surface area contributed by atoms with Crippen molar-refractivity contribution in [1.82, 2.24) is 4.98 Å². The Bertz CT molecular complexity index is 832. The first kappa shape index (κ1) is 19.3. The van der Waals surface area contributed by atoms with Crippen molar-refractivity contribution in [2.45, 2.75) is 20.8 Å². The Labute approximate surface area is 159 Å². The summed E-state index contributed by atoms with van der Waals surface area (Å²) in [5, 5.41) is 0. The molecular weight excluding hydrogens is 345 g/mol. The Morgan fingerprint density at radius 3 is 2.56 bits per heavy atom. The number of carbonyl (C=O) groups excluding carboxylic acids is 1. The molecule has 6 heteroatoms. The largest absolute Gasteiger partial charge is 0.378 e. The molecule has 2 aromatic rings. The topological polar surface area (TPSA) is 45.7 Å². The number of anilines is 2. The van der Waals surface area contributed by atoms with Crippen LogP contribution in [-0.4, -0.2) is 44.2 Å². The van der Waals surface area contributed by atoms with E-state index >= 15 is 0 Å². The Balaban J connectivity index is 2.10. The molecule has 1 aliphatic heterocycles. The molecule has 2 heterocycles. The zero-order valence-electron chi connectivity index (χ0n) is 16.3. The first-order valence-electron chi connectivity index (χ1n) is 9.25. The summed E-state index contributed by atoms with van der Waals surface area (Å²) < 4.78 is 19.1. The van der Waals surface area contributed by atoms with E-state index in [2.05, 4.69) is 9.88 Å². The third kappa shape index (κ3) is 4.11. The van der Waals surface area contributed by atoms with Crippen molar-refractivity contribution >= 4 is 17.4 Å². The molecule has 1 aromatic carbocycles. The van der Waals surface area contributed by atoms with E-state index in [0.29, 0.717) is 13.2 Å². The fourth-order valence-electron chi connectivity index (χ4n) is 3.32. The van der Waals surface area contributed by atoms with E-state index in [4.69, 9.17) is 4.74 Å². The molecule has 5 nitrogen and oxygen atoms in total. The smallest absolute Gasteiger partial charge is 0.229 e. The summed E-state index contributed by atoms with van der Waals surface area (Å²) in [6, 6.07) is 6.72. The van der Waals surface area contributed by atoms with E-state index in [-0.39, 0.29) is 17.6 Å². The number of amides is 1. The lowest BCUT2D eigenvalue weighted by Crippen LogP contribution is -2.37. The number of morpholine rings is 1.